The van der Waals surface area contributed by atoms with Crippen molar-refractivity contribution in [3.8, 4) is 0 Å². The van der Waals surface area contributed by atoms with Crippen LogP contribution in [0.1, 0.15) is 27.6 Å². The SMILES string of the molecule is O=C1O[C@H](Cc2ccccc2)c2ccccc21. The summed E-state index contributed by atoms with van der Waals surface area (Å²) in [6.45, 7) is 0. The summed E-state index contributed by atoms with van der Waals surface area (Å²) in [4.78, 5) is 11.6. The highest BCUT2D eigenvalue weighted by Gasteiger charge is 2.30. The molecule has 0 saturated carbocycles. The van der Waals surface area contributed by atoms with Crippen LogP contribution in [0.25, 0.3) is 0 Å². The van der Waals surface area contributed by atoms with Gasteiger partial charge in [-0.3, -0.25) is 0 Å². The highest BCUT2D eigenvalue weighted by Crippen LogP contribution is 2.32. The molecule has 0 aliphatic carbocycles. The molecule has 1 atom stereocenters. The van der Waals surface area contributed by atoms with Gasteiger partial charge in [-0.05, 0) is 11.6 Å². The van der Waals surface area contributed by atoms with Gasteiger partial charge < -0.3 is 4.74 Å². The van der Waals surface area contributed by atoms with Gasteiger partial charge in [0.15, 0.2) is 0 Å². The van der Waals surface area contributed by atoms with E-state index in [1.165, 1.54) is 5.56 Å². The summed E-state index contributed by atoms with van der Waals surface area (Å²) in [5.41, 5.74) is 2.89. The number of esters is 1. The zero-order valence-corrected chi connectivity index (χ0v) is 9.30. The zero-order valence-electron chi connectivity index (χ0n) is 9.30. The van der Waals surface area contributed by atoms with Crippen molar-refractivity contribution in [3.05, 3.63) is 71.3 Å². The van der Waals surface area contributed by atoms with Crippen molar-refractivity contribution >= 4 is 5.97 Å². The highest BCUT2D eigenvalue weighted by molar-refractivity contribution is 5.94. The number of carbonyl (C=O) groups excluding carboxylic acids is 1. The molecule has 0 bridgehead atoms. The lowest BCUT2D eigenvalue weighted by Crippen LogP contribution is -2.02. The summed E-state index contributed by atoms with van der Waals surface area (Å²) in [7, 11) is 0. The number of cyclic esters (lactones) is 1. The first kappa shape index (κ1) is 10.1. The van der Waals surface area contributed by atoms with E-state index in [9.17, 15) is 4.79 Å². The molecule has 0 aromatic heterocycles. The molecule has 1 aliphatic rings. The quantitative estimate of drug-likeness (QED) is 0.732. The average molecular weight is 224 g/mol. The van der Waals surface area contributed by atoms with Crippen LogP contribution in [-0.2, 0) is 11.2 Å². The van der Waals surface area contributed by atoms with Crippen molar-refractivity contribution in [2.24, 2.45) is 0 Å². The summed E-state index contributed by atoms with van der Waals surface area (Å²) in [5.74, 6) is -0.207. The predicted octanol–water partition coefficient (Wildman–Crippen LogP) is 3.14. The van der Waals surface area contributed by atoms with Gasteiger partial charge in [-0.25, -0.2) is 4.79 Å². The molecule has 2 aromatic carbocycles. The molecule has 0 saturated heterocycles. The van der Waals surface area contributed by atoms with E-state index in [1.807, 2.05) is 42.5 Å². The molecular formula is C15H12O2. The molecule has 1 aliphatic heterocycles. The third kappa shape index (κ3) is 1.82. The number of ether oxygens (including phenoxy) is 1. The van der Waals surface area contributed by atoms with Crippen LogP contribution in [0.5, 0.6) is 0 Å². The van der Waals surface area contributed by atoms with Crippen molar-refractivity contribution in [1.82, 2.24) is 0 Å². The van der Waals surface area contributed by atoms with Gasteiger partial charge in [0, 0.05) is 12.0 Å². The van der Waals surface area contributed by atoms with E-state index in [4.69, 9.17) is 4.74 Å². The monoisotopic (exact) mass is 224 g/mol. The molecule has 0 radical (unpaired) electrons. The van der Waals surface area contributed by atoms with Crippen LogP contribution in [0, 0.1) is 0 Å². The Labute approximate surface area is 99.9 Å². The first-order chi connectivity index (χ1) is 8.34. The molecule has 0 fully saturated rings. The molecule has 2 heteroatoms. The van der Waals surface area contributed by atoms with Gasteiger partial charge >= 0.3 is 5.97 Å². The number of hydrogen-bond acceptors (Lipinski definition) is 2. The molecule has 2 aromatic rings. The number of fused-ring (bicyclic) bond motifs is 1. The number of hydrogen-bond donors (Lipinski definition) is 0. The van der Waals surface area contributed by atoms with Gasteiger partial charge in [0.2, 0.25) is 0 Å². The largest absolute Gasteiger partial charge is 0.454 e. The molecule has 0 unspecified atom stereocenters. The predicted molar refractivity (Wildman–Crippen MR) is 64.7 cm³/mol. The van der Waals surface area contributed by atoms with E-state index in [-0.39, 0.29) is 12.1 Å². The minimum atomic E-state index is -0.207. The summed E-state index contributed by atoms with van der Waals surface area (Å²) in [6.07, 6.45) is 0.602. The second-order valence-corrected chi connectivity index (χ2v) is 4.17. The fraction of sp³-hybridized carbons (Fsp3) is 0.133. The Morgan fingerprint density at radius 2 is 1.65 bits per heavy atom. The van der Waals surface area contributed by atoms with E-state index < -0.39 is 0 Å². The molecule has 0 spiro atoms. The van der Waals surface area contributed by atoms with Gasteiger partial charge in [-0.15, -0.1) is 0 Å². The Morgan fingerprint density at radius 3 is 2.47 bits per heavy atom. The van der Waals surface area contributed by atoms with Gasteiger partial charge in [0.25, 0.3) is 0 Å². The third-order valence-corrected chi connectivity index (χ3v) is 3.04. The fourth-order valence-electron chi connectivity index (χ4n) is 2.20. The van der Waals surface area contributed by atoms with E-state index >= 15 is 0 Å². The Bertz CT molecular complexity index is 546. The van der Waals surface area contributed by atoms with Crippen LogP contribution >= 0.6 is 0 Å². The van der Waals surface area contributed by atoms with E-state index in [2.05, 4.69) is 12.1 Å². The molecule has 3 rings (SSSR count). The van der Waals surface area contributed by atoms with Gasteiger partial charge in [-0.2, -0.15) is 0 Å². The maximum Gasteiger partial charge on any atom is 0.339 e. The zero-order chi connectivity index (χ0) is 11.7. The lowest BCUT2D eigenvalue weighted by Gasteiger charge is -2.10. The standard InChI is InChI=1S/C15H12O2/c16-15-13-9-5-4-8-12(13)14(17-15)10-11-6-2-1-3-7-11/h1-9,14H,10H2/t14-/m1/s1. The second-order valence-electron chi connectivity index (χ2n) is 4.17. The van der Waals surface area contributed by atoms with Crippen LogP contribution in [0.15, 0.2) is 54.6 Å². The Morgan fingerprint density at radius 1 is 0.941 bits per heavy atom. The average Bonchev–Trinajstić information content (AvgIpc) is 2.69. The highest BCUT2D eigenvalue weighted by atomic mass is 16.5. The Balaban J connectivity index is 1.90. The van der Waals surface area contributed by atoms with Crippen LogP contribution in [0.3, 0.4) is 0 Å². The van der Waals surface area contributed by atoms with E-state index in [0.29, 0.717) is 5.56 Å². The van der Waals surface area contributed by atoms with Crippen molar-refractivity contribution < 1.29 is 9.53 Å². The normalized spacial score (nSPS) is 17.6. The molecule has 0 N–H and O–H groups in total. The molecule has 17 heavy (non-hydrogen) atoms. The smallest absolute Gasteiger partial charge is 0.339 e. The number of rotatable bonds is 2. The molecular weight excluding hydrogens is 212 g/mol. The minimum absolute atomic E-state index is 0.138. The lowest BCUT2D eigenvalue weighted by atomic mass is 9.99. The maximum atomic E-state index is 11.6. The summed E-state index contributed by atoms with van der Waals surface area (Å²) in [5, 5.41) is 0. The summed E-state index contributed by atoms with van der Waals surface area (Å²) < 4.78 is 5.40. The van der Waals surface area contributed by atoms with Crippen molar-refractivity contribution in [2.45, 2.75) is 12.5 Å². The van der Waals surface area contributed by atoms with Crippen molar-refractivity contribution in [1.29, 1.82) is 0 Å². The molecule has 0 amide bonds. The van der Waals surface area contributed by atoms with Crippen molar-refractivity contribution in [3.63, 3.8) is 0 Å². The van der Waals surface area contributed by atoms with Gasteiger partial charge in [0.05, 0.1) is 5.56 Å². The maximum absolute atomic E-state index is 11.6. The lowest BCUT2D eigenvalue weighted by molar-refractivity contribution is 0.0387. The van der Waals surface area contributed by atoms with E-state index in [0.717, 1.165) is 12.0 Å². The minimum Gasteiger partial charge on any atom is -0.454 e. The fourth-order valence-corrected chi connectivity index (χ4v) is 2.20. The first-order valence-corrected chi connectivity index (χ1v) is 5.68. The van der Waals surface area contributed by atoms with Gasteiger partial charge in [-0.1, -0.05) is 48.5 Å². The number of carbonyl (C=O) groups is 1. The Hall–Kier alpha value is -2.09. The summed E-state index contributed by atoms with van der Waals surface area (Å²) in [6, 6.07) is 17.7. The third-order valence-electron chi connectivity index (χ3n) is 3.04. The van der Waals surface area contributed by atoms with E-state index in [1.54, 1.807) is 0 Å². The summed E-state index contributed by atoms with van der Waals surface area (Å²) >= 11 is 0. The number of benzene rings is 2. The van der Waals surface area contributed by atoms with Gasteiger partial charge in [0.1, 0.15) is 6.10 Å². The second kappa shape index (κ2) is 4.06. The van der Waals surface area contributed by atoms with Crippen molar-refractivity contribution in [2.75, 3.05) is 0 Å². The van der Waals surface area contributed by atoms with Crippen LogP contribution < -0.4 is 0 Å². The molecule has 84 valence electrons. The van der Waals surface area contributed by atoms with Crippen LogP contribution in [0.4, 0.5) is 0 Å². The Kier molecular flexibility index (Phi) is 2.41. The van der Waals surface area contributed by atoms with Crippen LogP contribution in [0.2, 0.25) is 0 Å². The van der Waals surface area contributed by atoms with Crippen LogP contribution in [-0.4, -0.2) is 5.97 Å². The first-order valence-electron chi connectivity index (χ1n) is 5.68. The molecule has 1 heterocycles. The molecule has 2 nitrogen and oxygen atoms in total. The topological polar surface area (TPSA) is 26.3 Å².